The van der Waals surface area contributed by atoms with E-state index in [4.69, 9.17) is 16.2 Å². The molecule has 0 saturated carbocycles. The molecule has 1 N–H and O–H groups in total. The smallest absolute Gasteiger partial charge is 0.269 e. The molecule has 0 radical (unpaired) electrons. The van der Waals surface area contributed by atoms with Crippen molar-refractivity contribution >= 4 is 27.8 Å². The quantitative estimate of drug-likeness (QED) is 0.834. The first-order valence-corrected chi connectivity index (χ1v) is 6.28. The van der Waals surface area contributed by atoms with Gasteiger partial charge in [-0.3, -0.25) is 4.55 Å². The molecule has 3 nitrogen and oxygen atoms in total. The van der Waals surface area contributed by atoms with E-state index in [9.17, 15) is 8.42 Å². The highest BCUT2D eigenvalue weighted by molar-refractivity contribution is 7.85. The Bertz CT molecular complexity index is 477. The molecule has 1 rings (SSSR count). The van der Waals surface area contributed by atoms with Crippen LogP contribution < -0.4 is 0 Å². The summed E-state index contributed by atoms with van der Waals surface area (Å²) in [6.45, 7) is 1.85. The third-order valence-electron chi connectivity index (χ3n) is 1.93. The van der Waals surface area contributed by atoms with Gasteiger partial charge in [0.05, 0.1) is 0 Å². The van der Waals surface area contributed by atoms with Crippen molar-refractivity contribution in [3.8, 4) is 0 Å². The summed E-state index contributed by atoms with van der Waals surface area (Å²) in [5, 5.41) is 0. The Labute approximate surface area is 94.1 Å². The van der Waals surface area contributed by atoms with E-state index in [2.05, 4.69) is 0 Å². The summed E-state index contributed by atoms with van der Waals surface area (Å²) in [4.78, 5) is 0. The summed E-state index contributed by atoms with van der Waals surface area (Å²) in [5.41, 5.74) is 3.78. The van der Waals surface area contributed by atoms with E-state index in [0.29, 0.717) is 5.56 Å². The molecule has 0 aliphatic rings. The molecule has 82 valence electrons. The highest BCUT2D eigenvalue weighted by atomic mass is 35.5. The third kappa shape index (κ3) is 4.03. The first kappa shape index (κ1) is 12.2. The molecule has 1 aromatic rings. The number of benzene rings is 1. The molecule has 5 heteroatoms. The van der Waals surface area contributed by atoms with Crippen molar-refractivity contribution in [2.45, 2.75) is 12.7 Å². The van der Waals surface area contributed by atoms with Crippen LogP contribution in [0.1, 0.15) is 16.7 Å². The van der Waals surface area contributed by atoms with E-state index in [-0.39, 0.29) is 5.75 Å². The van der Waals surface area contributed by atoms with Gasteiger partial charge in [0.1, 0.15) is 5.75 Å². The Hall–Kier alpha value is -0.840. The molecular formula is C10H11ClO3S. The van der Waals surface area contributed by atoms with Gasteiger partial charge in [-0.2, -0.15) is 8.42 Å². The molecular weight excluding hydrogens is 236 g/mol. The van der Waals surface area contributed by atoms with Gasteiger partial charge < -0.3 is 0 Å². The zero-order valence-electron chi connectivity index (χ0n) is 8.14. The highest BCUT2D eigenvalue weighted by Gasteiger charge is 2.07. The Morgan fingerprint density at radius 2 is 2.13 bits per heavy atom. The van der Waals surface area contributed by atoms with Gasteiger partial charge >= 0.3 is 0 Å². The van der Waals surface area contributed by atoms with Crippen LogP contribution in [0.2, 0.25) is 0 Å². The maximum Gasteiger partial charge on any atom is 0.269 e. The standard InChI is InChI=1S/C10H11ClO3S/c1-8-6-9(7-15(12,13)14)2-3-10(8)4-5-11/h2-6H,7H2,1H3,(H,12,13,14). The fraction of sp³-hybridized carbons (Fsp3) is 0.200. The van der Waals surface area contributed by atoms with E-state index < -0.39 is 10.1 Å². The maximum absolute atomic E-state index is 10.6. The van der Waals surface area contributed by atoms with Crippen LogP contribution in [0, 0.1) is 6.92 Å². The van der Waals surface area contributed by atoms with Gasteiger partial charge in [0.15, 0.2) is 0 Å². The third-order valence-corrected chi connectivity index (χ3v) is 2.75. The summed E-state index contributed by atoms with van der Waals surface area (Å²) in [6.07, 6.45) is 1.72. The van der Waals surface area contributed by atoms with Crippen molar-refractivity contribution in [2.24, 2.45) is 0 Å². The SMILES string of the molecule is Cc1cc(CS(=O)(=O)O)ccc1C=CCl. The van der Waals surface area contributed by atoms with Crippen LogP contribution in [0.15, 0.2) is 23.7 Å². The summed E-state index contributed by atoms with van der Waals surface area (Å²) in [5.74, 6) is -0.362. The number of hydrogen-bond acceptors (Lipinski definition) is 2. The van der Waals surface area contributed by atoms with E-state index in [0.717, 1.165) is 11.1 Å². The van der Waals surface area contributed by atoms with Crippen molar-refractivity contribution in [1.29, 1.82) is 0 Å². The predicted octanol–water partition coefficient (Wildman–Crippen LogP) is 2.59. The van der Waals surface area contributed by atoms with E-state index in [1.807, 2.05) is 6.92 Å². The van der Waals surface area contributed by atoms with Gasteiger partial charge in [0.25, 0.3) is 10.1 Å². The molecule has 0 saturated heterocycles. The fourth-order valence-electron chi connectivity index (χ4n) is 1.29. The Morgan fingerprint density at radius 1 is 1.47 bits per heavy atom. The fourth-order valence-corrected chi connectivity index (χ4v) is 2.03. The van der Waals surface area contributed by atoms with E-state index in [1.54, 1.807) is 24.3 Å². The molecule has 0 spiro atoms. The van der Waals surface area contributed by atoms with Gasteiger partial charge in [-0.15, -0.1) is 0 Å². The van der Waals surface area contributed by atoms with Crippen LogP contribution in [-0.4, -0.2) is 13.0 Å². The summed E-state index contributed by atoms with van der Waals surface area (Å²) in [6, 6.07) is 5.11. The van der Waals surface area contributed by atoms with Crippen LogP contribution >= 0.6 is 11.6 Å². The molecule has 0 aliphatic carbocycles. The van der Waals surface area contributed by atoms with Gasteiger partial charge in [0.2, 0.25) is 0 Å². The van der Waals surface area contributed by atoms with E-state index >= 15 is 0 Å². The van der Waals surface area contributed by atoms with Crippen LogP contribution in [0.4, 0.5) is 0 Å². The van der Waals surface area contributed by atoms with E-state index in [1.165, 1.54) is 5.54 Å². The molecule has 0 amide bonds. The number of halogens is 1. The van der Waals surface area contributed by atoms with Crippen LogP contribution in [0.3, 0.4) is 0 Å². The lowest BCUT2D eigenvalue weighted by Crippen LogP contribution is -2.01. The number of hydrogen-bond donors (Lipinski definition) is 1. The first-order valence-electron chi connectivity index (χ1n) is 4.24. The van der Waals surface area contributed by atoms with Gasteiger partial charge in [-0.25, -0.2) is 0 Å². The second kappa shape index (κ2) is 4.79. The lowest BCUT2D eigenvalue weighted by molar-refractivity contribution is 0.482. The minimum Gasteiger partial charge on any atom is -0.285 e. The topological polar surface area (TPSA) is 54.4 Å². The average Bonchev–Trinajstić information content (AvgIpc) is 2.07. The highest BCUT2D eigenvalue weighted by Crippen LogP contribution is 2.14. The molecule has 0 heterocycles. The van der Waals surface area contributed by atoms with Gasteiger partial charge in [-0.1, -0.05) is 29.8 Å². The van der Waals surface area contributed by atoms with Gasteiger partial charge in [-0.05, 0) is 29.7 Å². The summed E-state index contributed by atoms with van der Waals surface area (Å²) >= 11 is 5.44. The Kier molecular flexibility index (Phi) is 3.90. The van der Waals surface area contributed by atoms with Gasteiger partial charge in [0, 0.05) is 5.54 Å². The normalized spacial score (nSPS) is 12.2. The molecule has 0 aliphatic heterocycles. The molecule has 1 aromatic carbocycles. The summed E-state index contributed by atoms with van der Waals surface area (Å²) in [7, 11) is -3.96. The number of aryl methyl sites for hydroxylation is 1. The van der Waals surface area contributed by atoms with Crippen molar-refractivity contribution in [1.82, 2.24) is 0 Å². The largest absolute Gasteiger partial charge is 0.285 e. The first-order chi connectivity index (χ1) is 6.92. The molecule has 0 bridgehead atoms. The molecule has 0 unspecified atom stereocenters. The van der Waals surface area contributed by atoms with Crippen LogP contribution in [0.5, 0.6) is 0 Å². The predicted molar refractivity (Wildman–Crippen MR) is 61.3 cm³/mol. The van der Waals surface area contributed by atoms with Crippen LogP contribution in [-0.2, 0) is 15.9 Å². The zero-order chi connectivity index (χ0) is 11.5. The second-order valence-electron chi connectivity index (χ2n) is 3.21. The summed E-state index contributed by atoms with van der Waals surface area (Å²) < 4.78 is 30.0. The zero-order valence-corrected chi connectivity index (χ0v) is 9.72. The Balaban J connectivity index is 3.02. The van der Waals surface area contributed by atoms with Crippen molar-refractivity contribution < 1.29 is 13.0 Å². The molecule has 0 fully saturated rings. The van der Waals surface area contributed by atoms with Crippen molar-refractivity contribution in [3.05, 3.63) is 40.4 Å². The minimum atomic E-state index is -3.96. The Morgan fingerprint density at radius 3 is 2.60 bits per heavy atom. The maximum atomic E-state index is 10.6. The minimum absolute atomic E-state index is 0.362. The monoisotopic (exact) mass is 246 g/mol. The van der Waals surface area contributed by atoms with Crippen molar-refractivity contribution in [3.63, 3.8) is 0 Å². The lowest BCUT2D eigenvalue weighted by Gasteiger charge is -2.03. The molecule has 15 heavy (non-hydrogen) atoms. The van der Waals surface area contributed by atoms with Crippen LogP contribution in [0.25, 0.3) is 6.08 Å². The second-order valence-corrected chi connectivity index (χ2v) is 4.91. The molecule has 0 aromatic heterocycles. The van der Waals surface area contributed by atoms with Crippen molar-refractivity contribution in [2.75, 3.05) is 0 Å². The number of rotatable bonds is 3. The lowest BCUT2D eigenvalue weighted by atomic mass is 10.1. The molecule has 0 atom stereocenters. The average molecular weight is 247 g/mol.